The fourth-order valence-electron chi connectivity index (χ4n) is 3.20. The molecule has 0 radical (unpaired) electrons. The van der Waals surface area contributed by atoms with Gasteiger partial charge in [-0.25, -0.2) is 4.39 Å². The number of rotatable bonds is 2. The molecule has 6 heteroatoms. The highest BCUT2D eigenvalue weighted by atomic mass is 19.1. The van der Waals surface area contributed by atoms with Gasteiger partial charge in [-0.3, -0.25) is 9.78 Å². The van der Waals surface area contributed by atoms with E-state index in [1.165, 1.54) is 18.3 Å². The number of aliphatic carboxylic acids is 1. The minimum Gasteiger partial charge on any atom is -0.481 e. The first-order valence-electron chi connectivity index (χ1n) is 7.48. The zero-order valence-electron chi connectivity index (χ0n) is 12.7. The van der Waals surface area contributed by atoms with E-state index in [1.54, 1.807) is 6.92 Å². The van der Waals surface area contributed by atoms with Gasteiger partial charge in [0.15, 0.2) is 0 Å². The molecule has 5 nitrogen and oxygen atoms in total. The Balaban J connectivity index is 2.09. The molecule has 0 bridgehead atoms. The second-order valence-electron chi connectivity index (χ2n) is 5.85. The molecule has 1 aliphatic rings. The van der Waals surface area contributed by atoms with Crippen molar-refractivity contribution in [3.63, 3.8) is 0 Å². The van der Waals surface area contributed by atoms with Crippen LogP contribution < -0.4 is 4.90 Å². The summed E-state index contributed by atoms with van der Waals surface area (Å²) < 4.78 is 13.8. The molecule has 0 unspecified atom stereocenters. The summed E-state index contributed by atoms with van der Waals surface area (Å²) in [7, 11) is 0. The number of anilines is 1. The van der Waals surface area contributed by atoms with Crippen molar-refractivity contribution >= 4 is 22.6 Å². The topological polar surface area (TPSA) is 77.2 Å². The maximum Gasteiger partial charge on any atom is 0.306 e. The van der Waals surface area contributed by atoms with Crippen molar-refractivity contribution in [2.24, 2.45) is 5.92 Å². The van der Waals surface area contributed by atoms with Crippen molar-refractivity contribution in [3.05, 3.63) is 35.3 Å². The lowest BCUT2D eigenvalue weighted by Crippen LogP contribution is -2.36. The Bertz CT molecular complexity index is 821. The van der Waals surface area contributed by atoms with E-state index in [9.17, 15) is 14.4 Å². The lowest BCUT2D eigenvalue weighted by Gasteiger charge is -2.33. The van der Waals surface area contributed by atoms with Gasteiger partial charge in [0.05, 0.1) is 22.7 Å². The average molecular weight is 313 g/mol. The summed E-state index contributed by atoms with van der Waals surface area (Å²) in [6.07, 6.45) is 2.53. The van der Waals surface area contributed by atoms with E-state index in [0.717, 1.165) is 0 Å². The fraction of sp³-hybridized carbons (Fsp3) is 0.353. The molecule has 0 aliphatic carbocycles. The van der Waals surface area contributed by atoms with Crippen LogP contribution in [0.15, 0.2) is 18.3 Å². The van der Waals surface area contributed by atoms with Gasteiger partial charge in [-0.1, -0.05) is 0 Å². The van der Waals surface area contributed by atoms with Gasteiger partial charge in [-0.15, -0.1) is 0 Å². The molecule has 1 aromatic carbocycles. The standard InChI is InChI=1S/C17H16FN3O2/c1-10-6-13(18)7-14-15(10)20-9-12(8-19)16(14)21-4-2-11(3-5-21)17(22)23/h6-7,9,11H,2-5H2,1H3,(H,22,23). The van der Waals surface area contributed by atoms with E-state index >= 15 is 0 Å². The smallest absolute Gasteiger partial charge is 0.306 e. The van der Waals surface area contributed by atoms with Crippen LogP contribution in [0.3, 0.4) is 0 Å². The van der Waals surface area contributed by atoms with Gasteiger partial charge < -0.3 is 10.0 Å². The number of halogens is 1. The third-order valence-electron chi connectivity index (χ3n) is 4.38. The van der Waals surface area contributed by atoms with Gasteiger partial charge in [0.2, 0.25) is 0 Å². The first-order chi connectivity index (χ1) is 11.0. The summed E-state index contributed by atoms with van der Waals surface area (Å²) in [6, 6.07) is 4.93. The molecule has 1 fully saturated rings. The van der Waals surface area contributed by atoms with Crippen LogP contribution in [-0.4, -0.2) is 29.1 Å². The highest BCUT2D eigenvalue weighted by molar-refractivity contribution is 5.96. The first-order valence-corrected chi connectivity index (χ1v) is 7.48. The Hall–Kier alpha value is -2.68. The minimum atomic E-state index is -0.786. The Morgan fingerprint density at radius 3 is 2.74 bits per heavy atom. The molecule has 23 heavy (non-hydrogen) atoms. The fourth-order valence-corrected chi connectivity index (χ4v) is 3.20. The number of hydrogen-bond acceptors (Lipinski definition) is 4. The van der Waals surface area contributed by atoms with Gasteiger partial charge in [-0.2, -0.15) is 5.26 Å². The molecule has 3 rings (SSSR count). The normalized spacial score (nSPS) is 15.6. The van der Waals surface area contributed by atoms with E-state index in [4.69, 9.17) is 5.11 Å². The lowest BCUT2D eigenvalue weighted by atomic mass is 9.95. The quantitative estimate of drug-likeness (QED) is 0.922. The van der Waals surface area contributed by atoms with Gasteiger partial charge in [0.1, 0.15) is 11.9 Å². The molecule has 1 aliphatic heterocycles. The minimum absolute atomic E-state index is 0.358. The summed E-state index contributed by atoms with van der Waals surface area (Å²) in [5.74, 6) is -1.51. The van der Waals surface area contributed by atoms with Crippen molar-refractivity contribution in [2.75, 3.05) is 18.0 Å². The molecule has 0 amide bonds. The van der Waals surface area contributed by atoms with Gasteiger partial charge in [0.25, 0.3) is 0 Å². The van der Waals surface area contributed by atoms with Crippen molar-refractivity contribution in [1.82, 2.24) is 4.98 Å². The van der Waals surface area contributed by atoms with Crippen LogP contribution in [0.1, 0.15) is 24.0 Å². The summed E-state index contributed by atoms with van der Waals surface area (Å²) >= 11 is 0. The first kappa shape index (κ1) is 15.2. The van der Waals surface area contributed by atoms with Crippen LogP contribution in [0.25, 0.3) is 10.9 Å². The third kappa shape index (κ3) is 2.70. The Morgan fingerprint density at radius 2 is 2.13 bits per heavy atom. The number of nitriles is 1. The van der Waals surface area contributed by atoms with E-state index in [2.05, 4.69) is 11.1 Å². The average Bonchev–Trinajstić information content (AvgIpc) is 2.53. The molecule has 0 atom stereocenters. The van der Waals surface area contributed by atoms with E-state index in [0.29, 0.717) is 53.6 Å². The van der Waals surface area contributed by atoms with Crippen molar-refractivity contribution < 1.29 is 14.3 Å². The van der Waals surface area contributed by atoms with Gasteiger partial charge in [-0.05, 0) is 37.5 Å². The molecule has 2 heterocycles. The Labute approximate surface area is 133 Å². The Morgan fingerprint density at radius 1 is 1.43 bits per heavy atom. The van der Waals surface area contributed by atoms with Crippen molar-refractivity contribution in [3.8, 4) is 6.07 Å². The summed E-state index contributed by atoms with van der Waals surface area (Å²) in [4.78, 5) is 17.3. The number of benzene rings is 1. The number of carboxylic acid groups (broad SMARTS) is 1. The maximum atomic E-state index is 13.8. The summed E-state index contributed by atoms with van der Waals surface area (Å²) in [5.41, 5.74) is 2.42. The molecule has 2 aromatic rings. The van der Waals surface area contributed by atoms with E-state index in [-0.39, 0.29) is 11.7 Å². The number of carbonyl (C=O) groups is 1. The van der Waals surface area contributed by atoms with E-state index in [1.807, 2.05) is 4.90 Å². The van der Waals surface area contributed by atoms with Gasteiger partial charge >= 0.3 is 5.97 Å². The zero-order chi connectivity index (χ0) is 16.6. The number of pyridine rings is 1. The van der Waals surface area contributed by atoms with Crippen LogP contribution in [0.2, 0.25) is 0 Å². The number of fused-ring (bicyclic) bond motifs is 1. The molecular formula is C17H16FN3O2. The molecule has 0 spiro atoms. The van der Waals surface area contributed by atoms with Crippen molar-refractivity contribution in [2.45, 2.75) is 19.8 Å². The van der Waals surface area contributed by atoms with Crippen LogP contribution in [0.4, 0.5) is 10.1 Å². The highest BCUT2D eigenvalue weighted by Crippen LogP contribution is 2.34. The molecule has 118 valence electrons. The third-order valence-corrected chi connectivity index (χ3v) is 4.38. The number of hydrogen-bond donors (Lipinski definition) is 1. The van der Waals surface area contributed by atoms with E-state index < -0.39 is 5.97 Å². The van der Waals surface area contributed by atoms with Crippen molar-refractivity contribution in [1.29, 1.82) is 5.26 Å². The maximum absolute atomic E-state index is 13.8. The predicted octanol–water partition coefficient (Wildman–Crippen LogP) is 2.86. The lowest BCUT2D eigenvalue weighted by molar-refractivity contribution is -0.142. The largest absolute Gasteiger partial charge is 0.481 e. The molecule has 1 aromatic heterocycles. The summed E-state index contributed by atoms with van der Waals surface area (Å²) in [6.45, 7) is 2.84. The SMILES string of the molecule is Cc1cc(F)cc2c(N3CCC(C(=O)O)CC3)c(C#N)cnc12. The highest BCUT2D eigenvalue weighted by Gasteiger charge is 2.27. The second kappa shape index (κ2) is 5.84. The number of aryl methyl sites for hydroxylation is 1. The number of nitrogens with zero attached hydrogens (tertiary/aromatic N) is 3. The van der Waals surface area contributed by atoms with Crippen LogP contribution in [0.5, 0.6) is 0 Å². The van der Waals surface area contributed by atoms with Gasteiger partial charge in [0, 0.05) is 24.7 Å². The number of piperidine rings is 1. The Kier molecular flexibility index (Phi) is 3.87. The molecule has 0 saturated carbocycles. The molecule has 1 saturated heterocycles. The summed E-state index contributed by atoms with van der Waals surface area (Å²) in [5, 5.41) is 19.1. The second-order valence-corrected chi connectivity index (χ2v) is 5.85. The zero-order valence-corrected chi connectivity index (χ0v) is 12.7. The molecular weight excluding hydrogens is 297 g/mol. The van der Waals surface area contributed by atoms with Crippen LogP contribution >= 0.6 is 0 Å². The van der Waals surface area contributed by atoms with Crippen LogP contribution in [0, 0.1) is 30.0 Å². The number of carboxylic acids is 1. The number of aromatic nitrogens is 1. The monoisotopic (exact) mass is 313 g/mol. The predicted molar refractivity (Wildman–Crippen MR) is 83.7 cm³/mol. The van der Waals surface area contributed by atoms with Crippen LogP contribution in [-0.2, 0) is 4.79 Å². The molecule has 1 N–H and O–H groups in total.